The quantitative estimate of drug-likeness (QED) is 0.882. The average Bonchev–Trinajstić information content (AvgIpc) is 2.85. The molecule has 0 amide bonds. The van der Waals surface area contributed by atoms with Crippen LogP contribution in [0.15, 0.2) is 40.4 Å². The van der Waals surface area contributed by atoms with Gasteiger partial charge in [-0.1, -0.05) is 36.9 Å². The van der Waals surface area contributed by atoms with Gasteiger partial charge in [0.25, 0.3) is 5.56 Å². The molecule has 2 heterocycles. The molecule has 1 aliphatic rings. The minimum absolute atomic E-state index is 0.185. The van der Waals surface area contributed by atoms with E-state index >= 15 is 0 Å². The molecule has 1 aromatic carbocycles. The van der Waals surface area contributed by atoms with Gasteiger partial charge in [-0.3, -0.25) is 9.59 Å². The summed E-state index contributed by atoms with van der Waals surface area (Å²) in [7, 11) is 0. The third-order valence-electron chi connectivity index (χ3n) is 3.42. The van der Waals surface area contributed by atoms with E-state index in [1.165, 1.54) is 18.0 Å². The van der Waals surface area contributed by atoms with Gasteiger partial charge in [0.15, 0.2) is 5.16 Å². The Morgan fingerprint density at radius 3 is 2.68 bits per heavy atom. The van der Waals surface area contributed by atoms with Gasteiger partial charge in [0, 0.05) is 6.20 Å². The summed E-state index contributed by atoms with van der Waals surface area (Å²) >= 11 is 1.33. The zero-order valence-electron chi connectivity index (χ0n) is 11.9. The Balaban J connectivity index is 1.94. The van der Waals surface area contributed by atoms with E-state index in [4.69, 9.17) is 0 Å². The van der Waals surface area contributed by atoms with Gasteiger partial charge in [-0.15, -0.1) is 0 Å². The Labute approximate surface area is 131 Å². The topological polar surface area (TPSA) is 72.2 Å². The number of aromatic nitrogens is 2. The molecule has 22 heavy (non-hydrogen) atoms. The zero-order valence-corrected chi connectivity index (χ0v) is 12.7. The molecule has 0 saturated carbocycles. The van der Waals surface area contributed by atoms with Gasteiger partial charge in [0.1, 0.15) is 5.75 Å². The summed E-state index contributed by atoms with van der Waals surface area (Å²) in [4.78, 5) is 28.8. The summed E-state index contributed by atoms with van der Waals surface area (Å²) in [5.74, 6) is -0.00970. The summed E-state index contributed by atoms with van der Waals surface area (Å²) in [6.45, 7) is 1.91. The monoisotopic (exact) mass is 314 g/mol. The highest BCUT2D eigenvalue weighted by Crippen LogP contribution is 2.30. The largest absolute Gasteiger partial charge is 0.508 e. The fourth-order valence-electron chi connectivity index (χ4n) is 2.20. The van der Waals surface area contributed by atoms with Gasteiger partial charge in [0.2, 0.25) is 5.91 Å². The van der Waals surface area contributed by atoms with Crippen molar-refractivity contribution in [1.29, 1.82) is 0 Å². The molecule has 0 bridgehead atoms. The van der Waals surface area contributed by atoms with Crippen LogP contribution in [0.4, 0.5) is 0 Å². The normalized spacial score (nSPS) is 17.1. The molecule has 112 valence electrons. The number of nitrogens with zero attached hydrogens (tertiary/aromatic N) is 2. The van der Waals surface area contributed by atoms with E-state index in [9.17, 15) is 14.7 Å². The van der Waals surface area contributed by atoms with Crippen LogP contribution in [0.2, 0.25) is 0 Å². The molecule has 1 N–H and O–H groups in total. The molecule has 0 aliphatic carbocycles. The standard InChI is InChI=1S/C16H14N2O3S/c1-2-13-15(21)18-14(20)11(9-17-16(18)22-13)6-3-10-4-7-12(19)8-5-10/h3-9,13,19H,2H2,1H3/b6-3+. The van der Waals surface area contributed by atoms with Crippen molar-refractivity contribution < 1.29 is 9.90 Å². The molecule has 0 fully saturated rings. The van der Waals surface area contributed by atoms with E-state index in [-0.39, 0.29) is 22.5 Å². The van der Waals surface area contributed by atoms with Crippen LogP contribution in [0.3, 0.4) is 0 Å². The van der Waals surface area contributed by atoms with Crippen molar-refractivity contribution in [2.24, 2.45) is 0 Å². The maximum absolute atomic E-state index is 12.4. The van der Waals surface area contributed by atoms with Crippen LogP contribution in [0.5, 0.6) is 5.75 Å². The molecule has 1 atom stereocenters. The summed E-state index contributed by atoms with van der Waals surface area (Å²) in [5, 5.41) is 9.48. The van der Waals surface area contributed by atoms with Crippen LogP contribution in [-0.2, 0) is 0 Å². The fraction of sp³-hybridized carbons (Fsp3) is 0.188. The first-order chi connectivity index (χ1) is 10.6. The van der Waals surface area contributed by atoms with Crippen LogP contribution in [0.1, 0.15) is 29.3 Å². The maximum atomic E-state index is 12.4. The van der Waals surface area contributed by atoms with Crippen molar-refractivity contribution in [2.75, 3.05) is 0 Å². The molecule has 5 nitrogen and oxygen atoms in total. The number of thioether (sulfide) groups is 1. The molecule has 2 aromatic rings. The van der Waals surface area contributed by atoms with Crippen molar-refractivity contribution in [2.45, 2.75) is 23.8 Å². The van der Waals surface area contributed by atoms with Crippen LogP contribution in [0, 0.1) is 0 Å². The van der Waals surface area contributed by atoms with Gasteiger partial charge in [-0.05, 0) is 30.2 Å². The molecule has 3 rings (SSSR count). The first-order valence-corrected chi connectivity index (χ1v) is 7.78. The number of fused-ring (bicyclic) bond motifs is 1. The van der Waals surface area contributed by atoms with Crippen LogP contribution >= 0.6 is 11.8 Å². The van der Waals surface area contributed by atoms with Crippen molar-refractivity contribution >= 4 is 29.8 Å². The lowest BCUT2D eigenvalue weighted by molar-refractivity contribution is 0.0902. The Morgan fingerprint density at radius 2 is 2.00 bits per heavy atom. The SMILES string of the molecule is CCC1Sc2ncc(/C=C/c3ccc(O)cc3)c(=O)n2C1=O. The number of hydrogen-bond acceptors (Lipinski definition) is 5. The molecule has 6 heteroatoms. The molecule has 0 spiro atoms. The molecule has 1 aliphatic heterocycles. The number of carbonyl (C=O) groups excluding carboxylic acids is 1. The lowest BCUT2D eigenvalue weighted by atomic mass is 10.2. The average molecular weight is 314 g/mol. The second-order valence-electron chi connectivity index (χ2n) is 4.91. The van der Waals surface area contributed by atoms with E-state index in [0.717, 1.165) is 10.1 Å². The van der Waals surface area contributed by atoms with Crippen LogP contribution in [-0.4, -0.2) is 25.8 Å². The number of benzene rings is 1. The minimum Gasteiger partial charge on any atom is -0.508 e. The van der Waals surface area contributed by atoms with Crippen molar-refractivity contribution in [3.05, 3.63) is 51.9 Å². The van der Waals surface area contributed by atoms with E-state index in [2.05, 4.69) is 4.98 Å². The summed E-state index contributed by atoms with van der Waals surface area (Å²) in [6.07, 6.45) is 5.54. The Bertz CT molecular complexity index is 809. The van der Waals surface area contributed by atoms with Gasteiger partial charge in [0.05, 0.1) is 10.8 Å². The van der Waals surface area contributed by atoms with Gasteiger partial charge >= 0.3 is 0 Å². The number of rotatable bonds is 3. The summed E-state index contributed by atoms with van der Waals surface area (Å²) in [6, 6.07) is 6.61. The molecule has 1 aromatic heterocycles. The van der Waals surface area contributed by atoms with E-state index in [0.29, 0.717) is 17.1 Å². The lowest BCUT2D eigenvalue weighted by Gasteiger charge is -2.01. The predicted octanol–water partition coefficient (Wildman–Crippen LogP) is 2.64. The number of aromatic hydroxyl groups is 1. The third-order valence-corrected chi connectivity index (χ3v) is 4.74. The maximum Gasteiger partial charge on any atom is 0.268 e. The number of hydrogen-bond donors (Lipinski definition) is 1. The minimum atomic E-state index is -0.339. The van der Waals surface area contributed by atoms with E-state index < -0.39 is 0 Å². The highest BCUT2D eigenvalue weighted by Gasteiger charge is 2.32. The van der Waals surface area contributed by atoms with Gasteiger partial charge < -0.3 is 5.11 Å². The predicted molar refractivity (Wildman–Crippen MR) is 86.1 cm³/mol. The zero-order chi connectivity index (χ0) is 15.7. The van der Waals surface area contributed by atoms with Gasteiger partial charge in [-0.25, -0.2) is 9.55 Å². The van der Waals surface area contributed by atoms with Crippen LogP contribution < -0.4 is 5.56 Å². The molecular formula is C16H14N2O3S. The third kappa shape index (κ3) is 2.57. The molecular weight excluding hydrogens is 300 g/mol. The summed E-state index contributed by atoms with van der Waals surface area (Å²) < 4.78 is 1.16. The Morgan fingerprint density at radius 1 is 1.27 bits per heavy atom. The highest BCUT2D eigenvalue weighted by molar-refractivity contribution is 8.00. The van der Waals surface area contributed by atoms with Crippen molar-refractivity contribution in [3.8, 4) is 5.75 Å². The van der Waals surface area contributed by atoms with Crippen molar-refractivity contribution in [1.82, 2.24) is 9.55 Å². The Kier molecular flexibility index (Phi) is 3.85. The van der Waals surface area contributed by atoms with Crippen molar-refractivity contribution in [3.63, 3.8) is 0 Å². The van der Waals surface area contributed by atoms with E-state index in [1.54, 1.807) is 36.4 Å². The molecule has 1 unspecified atom stereocenters. The lowest BCUT2D eigenvalue weighted by Crippen LogP contribution is -2.30. The van der Waals surface area contributed by atoms with Crippen LogP contribution in [0.25, 0.3) is 12.2 Å². The number of phenolic OH excluding ortho intramolecular Hbond substituents is 1. The first-order valence-electron chi connectivity index (χ1n) is 6.90. The Hall–Kier alpha value is -2.34. The number of phenols is 1. The molecule has 0 radical (unpaired) electrons. The molecule has 0 saturated heterocycles. The second kappa shape index (κ2) is 5.81. The van der Waals surface area contributed by atoms with Gasteiger partial charge in [-0.2, -0.15) is 0 Å². The number of carbonyl (C=O) groups is 1. The fourth-order valence-corrected chi connectivity index (χ4v) is 3.22. The summed E-state index contributed by atoms with van der Waals surface area (Å²) in [5.41, 5.74) is 0.867. The van der Waals surface area contributed by atoms with E-state index in [1.807, 2.05) is 6.92 Å². The first kappa shape index (κ1) is 14.6. The second-order valence-corrected chi connectivity index (χ2v) is 6.08. The smallest absolute Gasteiger partial charge is 0.268 e. The highest BCUT2D eigenvalue weighted by atomic mass is 32.2.